The molecule has 8 nitrogen and oxygen atoms in total. The van der Waals surface area contributed by atoms with Crippen molar-refractivity contribution in [1.82, 2.24) is 19.9 Å². The summed E-state index contributed by atoms with van der Waals surface area (Å²) in [5.41, 5.74) is 3.00. The number of carbonyl (C=O) groups is 1. The summed E-state index contributed by atoms with van der Waals surface area (Å²) in [5.74, 6) is 0.799. The van der Waals surface area contributed by atoms with Crippen molar-refractivity contribution in [2.24, 2.45) is 0 Å². The van der Waals surface area contributed by atoms with Gasteiger partial charge in [0.2, 0.25) is 5.91 Å². The Morgan fingerprint density at radius 3 is 2.80 bits per heavy atom. The SMILES string of the molecule is CCCc1ccc2nc(Nc3ncccc3N3CCN(C(=O)COC)CC3)sc2n1. The summed E-state index contributed by atoms with van der Waals surface area (Å²) < 4.78 is 4.96. The molecular formula is C21H26N6O2S. The van der Waals surface area contributed by atoms with Gasteiger partial charge in [-0.15, -0.1) is 0 Å². The number of aryl methyl sites for hydroxylation is 1. The van der Waals surface area contributed by atoms with Gasteiger partial charge in [-0.25, -0.2) is 15.0 Å². The number of aromatic nitrogens is 3. The average Bonchev–Trinajstić information content (AvgIpc) is 3.16. The highest BCUT2D eigenvalue weighted by molar-refractivity contribution is 7.21. The van der Waals surface area contributed by atoms with E-state index in [0.29, 0.717) is 13.1 Å². The molecule has 0 saturated carbocycles. The van der Waals surface area contributed by atoms with E-state index < -0.39 is 0 Å². The van der Waals surface area contributed by atoms with E-state index in [9.17, 15) is 4.79 Å². The van der Waals surface area contributed by atoms with Crippen molar-refractivity contribution in [2.45, 2.75) is 19.8 Å². The van der Waals surface area contributed by atoms with Crippen LogP contribution in [0.15, 0.2) is 30.5 Å². The van der Waals surface area contributed by atoms with Crippen molar-refractivity contribution in [3.63, 3.8) is 0 Å². The molecule has 0 spiro atoms. The monoisotopic (exact) mass is 426 g/mol. The highest BCUT2D eigenvalue weighted by Crippen LogP contribution is 2.31. The molecule has 0 bridgehead atoms. The van der Waals surface area contributed by atoms with Gasteiger partial charge >= 0.3 is 0 Å². The molecule has 4 rings (SSSR count). The Kier molecular flexibility index (Phi) is 6.39. The molecule has 4 heterocycles. The first-order valence-corrected chi connectivity index (χ1v) is 11.0. The topological polar surface area (TPSA) is 83.5 Å². The fourth-order valence-electron chi connectivity index (χ4n) is 3.57. The third kappa shape index (κ3) is 4.52. The zero-order valence-electron chi connectivity index (χ0n) is 17.3. The Bertz CT molecular complexity index is 1020. The van der Waals surface area contributed by atoms with Gasteiger partial charge in [0.1, 0.15) is 17.0 Å². The van der Waals surface area contributed by atoms with Crippen molar-refractivity contribution in [3.8, 4) is 0 Å². The number of carbonyl (C=O) groups excluding carboxylic acids is 1. The Morgan fingerprint density at radius 2 is 2.03 bits per heavy atom. The van der Waals surface area contributed by atoms with Gasteiger partial charge in [-0.1, -0.05) is 24.7 Å². The molecule has 1 saturated heterocycles. The highest BCUT2D eigenvalue weighted by atomic mass is 32.1. The second-order valence-electron chi connectivity index (χ2n) is 7.19. The minimum atomic E-state index is 0.0334. The predicted molar refractivity (Wildman–Crippen MR) is 120 cm³/mol. The number of thiazole rings is 1. The lowest BCUT2D eigenvalue weighted by Crippen LogP contribution is -2.49. The molecule has 0 atom stereocenters. The summed E-state index contributed by atoms with van der Waals surface area (Å²) in [7, 11) is 1.55. The van der Waals surface area contributed by atoms with E-state index in [0.717, 1.165) is 58.6 Å². The number of methoxy groups -OCH3 is 1. The van der Waals surface area contributed by atoms with E-state index >= 15 is 0 Å². The first-order valence-electron chi connectivity index (χ1n) is 10.2. The van der Waals surface area contributed by atoms with E-state index in [1.165, 1.54) is 11.3 Å². The molecule has 158 valence electrons. The normalized spacial score (nSPS) is 14.3. The van der Waals surface area contributed by atoms with Gasteiger partial charge in [0.15, 0.2) is 10.9 Å². The van der Waals surface area contributed by atoms with E-state index in [2.05, 4.69) is 27.1 Å². The molecule has 1 aliphatic heterocycles. The molecule has 0 radical (unpaired) electrons. The summed E-state index contributed by atoms with van der Waals surface area (Å²) in [4.78, 5) is 31.0. The van der Waals surface area contributed by atoms with Crippen LogP contribution in [0.1, 0.15) is 19.0 Å². The largest absolute Gasteiger partial charge is 0.375 e. The van der Waals surface area contributed by atoms with Gasteiger partial charge in [0.05, 0.1) is 5.69 Å². The zero-order chi connectivity index (χ0) is 20.9. The molecule has 9 heteroatoms. The summed E-state index contributed by atoms with van der Waals surface area (Å²) in [6.07, 6.45) is 3.82. The summed E-state index contributed by atoms with van der Waals surface area (Å²) >= 11 is 1.54. The van der Waals surface area contributed by atoms with E-state index in [-0.39, 0.29) is 12.5 Å². The number of hydrogen-bond donors (Lipinski definition) is 1. The third-order valence-electron chi connectivity index (χ3n) is 5.07. The quantitative estimate of drug-likeness (QED) is 0.622. The lowest BCUT2D eigenvalue weighted by Gasteiger charge is -2.36. The van der Waals surface area contributed by atoms with Crippen LogP contribution in [-0.2, 0) is 16.0 Å². The van der Waals surface area contributed by atoms with Crippen molar-refractivity contribution in [1.29, 1.82) is 0 Å². The van der Waals surface area contributed by atoms with Crippen LogP contribution in [0.4, 0.5) is 16.6 Å². The van der Waals surface area contributed by atoms with Gasteiger partial charge < -0.3 is 19.9 Å². The number of piperazine rings is 1. The molecule has 1 aliphatic rings. The molecule has 30 heavy (non-hydrogen) atoms. The highest BCUT2D eigenvalue weighted by Gasteiger charge is 2.23. The second-order valence-corrected chi connectivity index (χ2v) is 8.17. The number of nitrogens with one attached hydrogen (secondary N) is 1. The lowest BCUT2D eigenvalue weighted by atomic mass is 10.2. The van der Waals surface area contributed by atoms with Crippen LogP contribution in [0.5, 0.6) is 0 Å². The van der Waals surface area contributed by atoms with Gasteiger partial charge in [0, 0.05) is 45.2 Å². The number of amides is 1. The van der Waals surface area contributed by atoms with Gasteiger partial charge in [0.25, 0.3) is 0 Å². The number of hydrogen-bond acceptors (Lipinski definition) is 8. The standard InChI is InChI=1S/C21H26N6O2S/c1-3-5-15-7-8-16-20(23-15)30-21(24-16)25-19-17(6-4-9-22-19)26-10-12-27(13-11-26)18(28)14-29-2/h4,6-9H,3,5,10-14H2,1-2H3,(H,22,24,25). The molecule has 0 aromatic carbocycles. The minimum absolute atomic E-state index is 0.0334. The van der Waals surface area contributed by atoms with E-state index in [4.69, 9.17) is 9.72 Å². The van der Waals surface area contributed by atoms with Gasteiger partial charge in [-0.05, 0) is 30.7 Å². The molecular weight excluding hydrogens is 400 g/mol. The summed E-state index contributed by atoms with van der Waals surface area (Å²) in [6.45, 7) is 5.12. The lowest BCUT2D eigenvalue weighted by molar-refractivity contribution is -0.135. The Labute approximate surface area is 179 Å². The first-order chi connectivity index (χ1) is 14.7. The number of nitrogens with zero attached hydrogens (tertiary/aromatic N) is 5. The van der Waals surface area contributed by atoms with Crippen LogP contribution < -0.4 is 10.2 Å². The number of pyridine rings is 2. The number of anilines is 3. The van der Waals surface area contributed by atoms with Crippen LogP contribution in [0.2, 0.25) is 0 Å². The Hall–Kier alpha value is -2.78. The number of fused-ring (bicyclic) bond motifs is 1. The molecule has 3 aromatic rings. The van der Waals surface area contributed by atoms with Crippen molar-refractivity contribution < 1.29 is 9.53 Å². The first kappa shape index (κ1) is 20.5. The van der Waals surface area contributed by atoms with Crippen molar-refractivity contribution in [2.75, 3.05) is 50.1 Å². The fraction of sp³-hybridized carbons (Fsp3) is 0.429. The van der Waals surface area contributed by atoms with Crippen molar-refractivity contribution >= 4 is 44.2 Å². The number of ether oxygens (including phenoxy) is 1. The minimum Gasteiger partial charge on any atom is -0.375 e. The van der Waals surface area contributed by atoms with Crippen LogP contribution in [0.3, 0.4) is 0 Å². The summed E-state index contributed by atoms with van der Waals surface area (Å²) in [5, 5.41) is 4.16. The maximum Gasteiger partial charge on any atom is 0.248 e. The fourth-order valence-corrected chi connectivity index (χ4v) is 4.42. The Morgan fingerprint density at radius 1 is 1.20 bits per heavy atom. The molecule has 3 aromatic heterocycles. The maximum atomic E-state index is 12.0. The van der Waals surface area contributed by atoms with E-state index in [1.54, 1.807) is 13.3 Å². The molecule has 0 unspecified atom stereocenters. The van der Waals surface area contributed by atoms with Crippen LogP contribution in [0.25, 0.3) is 10.3 Å². The zero-order valence-corrected chi connectivity index (χ0v) is 18.1. The second kappa shape index (κ2) is 9.36. The smallest absolute Gasteiger partial charge is 0.248 e. The Balaban J connectivity index is 1.49. The van der Waals surface area contributed by atoms with Crippen LogP contribution >= 0.6 is 11.3 Å². The average molecular weight is 427 g/mol. The molecule has 1 N–H and O–H groups in total. The molecule has 0 aliphatic carbocycles. The maximum absolute atomic E-state index is 12.0. The van der Waals surface area contributed by atoms with Crippen LogP contribution in [0, 0.1) is 0 Å². The van der Waals surface area contributed by atoms with Crippen molar-refractivity contribution in [3.05, 3.63) is 36.2 Å². The third-order valence-corrected chi connectivity index (χ3v) is 5.95. The van der Waals surface area contributed by atoms with E-state index in [1.807, 2.05) is 29.2 Å². The van der Waals surface area contributed by atoms with Gasteiger partial charge in [-0.3, -0.25) is 4.79 Å². The van der Waals surface area contributed by atoms with Gasteiger partial charge in [-0.2, -0.15) is 0 Å². The number of rotatable bonds is 7. The summed E-state index contributed by atoms with van der Waals surface area (Å²) in [6, 6.07) is 8.06. The van der Waals surface area contributed by atoms with Crippen LogP contribution in [-0.4, -0.2) is 65.7 Å². The molecule has 1 amide bonds. The molecule has 1 fully saturated rings. The predicted octanol–water partition coefficient (Wildman–Crippen LogP) is 3.08.